The molecule has 1 aliphatic heterocycles. The van der Waals surface area contributed by atoms with Crippen molar-refractivity contribution < 1.29 is 14.7 Å². The lowest BCUT2D eigenvalue weighted by atomic mass is 9.85. The van der Waals surface area contributed by atoms with Gasteiger partial charge in [-0.05, 0) is 29.2 Å². The Morgan fingerprint density at radius 2 is 1.78 bits per heavy atom. The third-order valence-corrected chi connectivity index (χ3v) is 4.28. The van der Waals surface area contributed by atoms with Crippen LogP contribution in [0, 0.1) is 0 Å². The molecule has 1 saturated heterocycles. The van der Waals surface area contributed by atoms with E-state index in [2.05, 4.69) is 25.7 Å². The van der Waals surface area contributed by atoms with Crippen molar-refractivity contribution in [3.63, 3.8) is 0 Å². The number of carbonyl (C=O) groups is 2. The first-order chi connectivity index (χ1) is 10.7. The average Bonchev–Trinajstić information content (AvgIpc) is 2.46. The van der Waals surface area contributed by atoms with Gasteiger partial charge < -0.3 is 14.9 Å². The van der Waals surface area contributed by atoms with Crippen molar-refractivity contribution in [3.05, 3.63) is 28.8 Å². The molecule has 0 radical (unpaired) electrons. The minimum atomic E-state index is -1.08. The minimum Gasteiger partial charge on any atom is -0.481 e. The molecule has 1 aliphatic rings. The van der Waals surface area contributed by atoms with E-state index in [1.54, 1.807) is 4.90 Å². The molecule has 1 aromatic rings. The predicted octanol–water partition coefficient (Wildman–Crippen LogP) is 2.76. The number of benzene rings is 1. The Hall–Kier alpha value is -1.75. The second kappa shape index (κ2) is 6.79. The molecule has 6 heteroatoms. The summed E-state index contributed by atoms with van der Waals surface area (Å²) in [5.41, 5.74) is 2.28. The molecule has 1 N–H and O–H groups in total. The number of piperazine rings is 1. The number of anilines is 1. The van der Waals surface area contributed by atoms with Gasteiger partial charge in [-0.15, -0.1) is 0 Å². The number of hydrogen-bond donors (Lipinski definition) is 1. The maximum atomic E-state index is 11.8. The van der Waals surface area contributed by atoms with Crippen molar-refractivity contribution in [2.24, 2.45) is 0 Å². The van der Waals surface area contributed by atoms with Crippen molar-refractivity contribution in [3.8, 4) is 0 Å². The van der Waals surface area contributed by atoms with Crippen LogP contribution in [0.15, 0.2) is 18.2 Å². The van der Waals surface area contributed by atoms with Gasteiger partial charge in [0.2, 0.25) is 5.91 Å². The van der Waals surface area contributed by atoms with Gasteiger partial charge in [0.15, 0.2) is 0 Å². The summed E-state index contributed by atoms with van der Waals surface area (Å²) in [6.45, 7) is 8.90. The highest BCUT2D eigenvalue weighted by Gasteiger charge is 2.26. The molecule has 0 atom stereocenters. The molecule has 0 spiro atoms. The van der Waals surface area contributed by atoms with Crippen molar-refractivity contribution in [2.75, 3.05) is 31.1 Å². The third kappa shape index (κ3) is 4.38. The highest BCUT2D eigenvalue weighted by molar-refractivity contribution is 6.30. The molecule has 126 valence electrons. The Labute approximate surface area is 141 Å². The van der Waals surface area contributed by atoms with Gasteiger partial charge in [0.1, 0.15) is 6.42 Å². The van der Waals surface area contributed by atoms with Crippen LogP contribution < -0.4 is 4.90 Å². The fourth-order valence-corrected chi connectivity index (χ4v) is 2.99. The highest BCUT2D eigenvalue weighted by atomic mass is 35.5. The minimum absolute atomic E-state index is 0.0313. The van der Waals surface area contributed by atoms with Crippen LogP contribution in [0.5, 0.6) is 0 Å². The van der Waals surface area contributed by atoms with Gasteiger partial charge in [-0.25, -0.2) is 0 Å². The second-order valence-electron chi connectivity index (χ2n) is 6.85. The van der Waals surface area contributed by atoms with Crippen LogP contribution in [0.4, 0.5) is 5.69 Å². The number of amides is 1. The summed E-state index contributed by atoms with van der Waals surface area (Å²) in [6, 6.07) is 5.91. The lowest BCUT2D eigenvalue weighted by Crippen LogP contribution is -2.49. The summed E-state index contributed by atoms with van der Waals surface area (Å²) in [7, 11) is 0. The van der Waals surface area contributed by atoms with Crippen molar-refractivity contribution >= 4 is 29.2 Å². The van der Waals surface area contributed by atoms with Gasteiger partial charge in [0.25, 0.3) is 0 Å². The van der Waals surface area contributed by atoms with E-state index in [1.807, 2.05) is 18.2 Å². The van der Waals surface area contributed by atoms with E-state index in [0.717, 1.165) is 5.69 Å². The lowest BCUT2D eigenvalue weighted by molar-refractivity contribution is -0.144. The topological polar surface area (TPSA) is 60.9 Å². The maximum Gasteiger partial charge on any atom is 0.312 e. The number of nitrogens with zero attached hydrogens (tertiary/aromatic N) is 2. The molecule has 1 amide bonds. The van der Waals surface area contributed by atoms with Gasteiger partial charge in [-0.2, -0.15) is 0 Å². The molecule has 0 saturated carbocycles. The van der Waals surface area contributed by atoms with Crippen molar-refractivity contribution in [1.82, 2.24) is 4.90 Å². The predicted molar refractivity (Wildman–Crippen MR) is 91.2 cm³/mol. The molecule has 0 aromatic heterocycles. The van der Waals surface area contributed by atoms with E-state index >= 15 is 0 Å². The Bertz CT molecular complexity index is 602. The fourth-order valence-electron chi connectivity index (χ4n) is 2.82. The first kappa shape index (κ1) is 17.6. The summed E-state index contributed by atoms with van der Waals surface area (Å²) >= 11 is 6.15. The molecule has 1 aromatic carbocycles. The number of carboxylic acids is 1. The molecule has 5 nitrogen and oxygen atoms in total. The largest absolute Gasteiger partial charge is 0.481 e. The Morgan fingerprint density at radius 3 is 2.30 bits per heavy atom. The molecule has 2 rings (SSSR count). The lowest BCUT2D eigenvalue weighted by Gasteiger charge is -2.38. The third-order valence-electron chi connectivity index (χ3n) is 4.04. The molecule has 23 heavy (non-hydrogen) atoms. The zero-order valence-electron chi connectivity index (χ0n) is 13.8. The fraction of sp³-hybridized carbons (Fsp3) is 0.529. The first-order valence-corrected chi connectivity index (χ1v) is 8.11. The molecular formula is C17H23ClN2O3. The SMILES string of the molecule is CC(C)(C)c1cc(Cl)ccc1N1CCN(C(=O)CC(=O)O)CC1. The second-order valence-corrected chi connectivity index (χ2v) is 7.29. The monoisotopic (exact) mass is 338 g/mol. The number of halogens is 1. The number of hydrogen-bond acceptors (Lipinski definition) is 3. The zero-order chi connectivity index (χ0) is 17.2. The molecule has 0 unspecified atom stereocenters. The Kier molecular flexibility index (Phi) is 5.19. The molecule has 1 heterocycles. The Morgan fingerprint density at radius 1 is 1.17 bits per heavy atom. The van der Waals surface area contributed by atoms with E-state index in [9.17, 15) is 9.59 Å². The van der Waals surface area contributed by atoms with Gasteiger partial charge in [-0.1, -0.05) is 32.4 Å². The van der Waals surface area contributed by atoms with E-state index in [4.69, 9.17) is 16.7 Å². The maximum absolute atomic E-state index is 11.8. The standard InChI is InChI=1S/C17H23ClN2O3/c1-17(2,3)13-10-12(18)4-5-14(13)19-6-8-20(9-7-19)15(21)11-16(22)23/h4-5,10H,6-9,11H2,1-3H3,(H,22,23). The van der Waals surface area contributed by atoms with Crippen LogP contribution in [0.3, 0.4) is 0 Å². The van der Waals surface area contributed by atoms with Crippen molar-refractivity contribution in [1.29, 1.82) is 0 Å². The van der Waals surface area contributed by atoms with Crippen LogP contribution in [-0.2, 0) is 15.0 Å². The van der Waals surface area contributed by atoms with Gasteiger partial charge >= 0.3 is 5.97 Å². The molecule has 0 bridgehead atoms. The van der Waals surface area contributed by atoms with Gasteiger partial charge in [0, 0.05) is 36.9 Å². The molecular weight excluding hydrogens is 316 g/mol. The van der Waals surface area contributed by atoms with Gasteiger partial charge in [-0.3, -0.25) is 9.59 Å². The number of carbonyl (C=O) groups excluding carboxylic acids is 1. The number of rotatable bonds is 3. The van der Waals surface area contributed by atoms with E-state index in [1.165, 1.54) is 5.56 Å². The first-order valence-electron chi connectivity index (χ1n) is 7.73. The quantitative estimate of drug-likeness (QED) is 0.861. The van der Waals surface area contributed by atoms with Crippen molar-refractivity contribution in [2.45, 2.75) is 32.6 Å². The van der Waals surface area contributed by atoms with Crippen LogP contribution in [0.25, 0.3) is 0 Å². The summed E-state index contributed by atoms with van der Waals surface area (Å²) in [5.74, 6) is -1.39. The molecule has 0 aliphatic carbocycles. The van der Waals surface area contributed by atoms with Crippen LogP contribution in [-0.4, -0.2) is 48.1 Å². The van der Waals surface area contributed by atoms with E-state index in [0.29, 0.717) is 31.2 Å². The summed E-state index contributed by atoms with van der Waals surface area (Å²) in [5, 5.41) is 9.44. The normalized spacial score (nSPS) is 15.7. The van der Waals surface area contributed by atoms with Crippen LogP contribution in [0.1, 0.15) is 32.8 Å². The average molecular weight is 339 g/mol. The Balaban J connectivity index is 2.12. The van der Waals surface area contributed by atoms with Gasteiger partial charge in [0.05, 0.1) is 0 Å². The van der Waals surface area contributed by atoms with Crippen LogP contribution >= 0.6 is 11.6 Å². The van der Waals surface area contributed by atoms with E-state index < -0.39 is 12.4 Å². The number of aliphatic carboxylic acids is 1. The number of carboxylic acid groups (broad SMARTS) is 1. The summed E-state index contributed by atoms with van der Waals surface area (Å²) in [4.78, 5) is 26.3. The summed E-state index contributed by atoms with van der Waals surface area (Å²) < 4.78 is 0. The van der Waals surface area contributed by atoms with Crippen LogP contribution in [0.2, 0.25) is 5.02 Å². The smallest absolute Gasteiger partial charge is 0.312 e. The highest BCUT2D eigenvalue weighted by Crippen LogP contribution is 2.34. The van der Waals surface area contributed by atoms with E-state index in [-0.39, 0.29) is 11.3 Å². The zero-order valence-corrected chi connectivity index (χ0v) is 14.6. The summed E-state index contributed by atoms with van der Waals surface area (Å²) in [6.07, 6.45) is -0.436. The molecule has 1 fully saturated rings.